The first-order valence-electron chi connectivity index (χ1n) is 7.21. The van der Waals surface area contributed by atoms with E-state index >= 15 is 0 Å². The molecule has 2 N–H and O–H groups in total. The highest BCUT2D eigenvalue weighted by Gasteiger charge is 2.31. The third-order valence-corrected chi connectivity index (χ3v) is 5.94. The minimum Gasteiger partial charge on any atom is -0.327 e. The van der Waals surface area contributed by atoms with Crippen LogP contribution in [0.3, 0.4) is 0 Å². The van der Waals surface area contributed by atoms with Gasteiger partial charge in [0.25, 0.3) is 0 Å². The van der Waals surface area contributed by atoms with Crippen molar-refractivity contribution in [1.29, 1.82) is 0 Å². The number of rotatable bonds is 2. The minimum absolute atomic E-state index is 0.443. The summed E-state index contributed by atoms with van der Waals surface area (Å²) in [4.78, 5) is 1.50. The second-order valence-electron chi connectivity index (χ2n) is 6.12. The van der Waals surface area contributed by atoms with E-state index in [4.69, 9.17) is 5.73 Å². The summed E-state index contributed by atoms with van der Waals surface area (Å²) < 4.78 is 0. The highest BCUT2D eigenvalue weighted by atomic mass is 32.2. The topological polar surface area (TPSA) is 26.0 Å². The fraction of sp³-hybridized carbons (Fsp3) is 0.625. The normalized spacial score (nSPS) is 35.4. The van der Waals surface area contributed by atoms with Gasteiger partial charge in [0.05, 0.1) is 0 Å². The van der Waals surface area contributed by atoms with Gasteiger partial charge in [-0.1, -0.05) is 25.1 Å². The molecule has 1 heterocycles. The van der Waals surface area contributed by atoms with Gasteiger partial charge in [0.15, 0.2) is 0 Å². The molecular formula is C16H23NS. The summed E-state index contributed by atoms with van der Waals surface area (Å²) in [6, 6.07) is 9.37. The Morgan fingerprint density at radius 3 is 3.00 bits per heavy atom. The van der Waals surface area contributed by atoms with Crippen LogP contribution in [0.2, 0.25) is 0 Å². The third-order valence-electron chi connectivity index (χ3n) is 4.69. The molecule has 1 aliphatic heterocycles. The summed E-state index contributed by atoms with van der Waals surface area (Å²) in [5.74, 6) is 3.62. The molecule has 98 valence electrons. The molecule has 0 bridgehead atoms. The van der Waals surface area contributed by atoms with Gasteiger partial charge in [0.1, 0.15) is 0 Å². The predicted molar refractivity (Wildman–Crippen MR) is 79.0 cm³/mol. The number of hydrogen-bond acceptors (Lipinski definition) is 2. The van der Waals surface area contributed by atoms with Crippen LogP contribution in [0.15, 0.2) is 29.2 Å². The van der Waals surface area contributed by atoms with Crippen molar-refractivity contribution in [2.45, 2.75) is 49.5 Å². The van der Waals surface area contributed by atoms with Crippen molar-refractivity contribution >= 4 is 11.8 Å². The maximum atomic E-state index is 6.33. The Labute approximate surface area is 115 Å². The van der Waals surface area contributed by atoms with Crippen molar-refractivity contribution in [2.24, 2.45) is 17.6 Å². The van der Waals surface area contributed by atoms with E-state index < -0.39 is 0 Å². The van der Waals surface area contributed by atoms with Crippen LogP contribution in [0.5, 0.6) is 0 Å². The largest absolute Gasteiger partial charge is 0.327 e. The van der Waals surface area contributed by atoms with E-state index in [1.54, 1.807) is 5.56 Å². The Hall–Kier alpha value is -0.470. The smallest absolute Gasteiger partial charge is 0.0107 e. The van der Waals surface area contributed by atoms with Crippen LogP contribution >= 0.6 is 11.8 Å². The molecule has 4 atom stereocenters. The first-order chi connectivity index (χ1) is 8.74. The standard InChI is InChI=1S/C16H23NS/c1-11-6-7-15(17)12(8-11)9-13-10-18-16-5-3-2-4-14(13)16/h2-5,11-13,15H,6-10,17H2,1H3. The van der Waals surface area contributed by atoms with Gasteiger partial charge in [-0.15, -0.1) is 11.8 Å². The molecule has 1 aliphatic carbocycles. The van der Waals surface area contributed by atoms with Crippen LogP contribution in [0.4, 0.5) is 0 Å². The zero-order valence-corrected chi connectivity index (χ0v) is 12.0. The second-order valence-corrected chi connectivity index (χ2v) is 7.19. The van der Waals surface area contributed by atoms with Gasteiger partial charge < -0.3 is 5.73 Å². The number of hydrogen-bond donors (Lipinski definition) is 1. The number of thioether (sulfide) groups is 1. The van der Waals surface area contributed by atoms with Gasteiger partial charge in [-0.3, -0.25) is 0 Å². The molecule has 1 fully saturated rings. The molecule has 4 unspecified atom stereocenters. The first kappa shape index (κ1) is 12.6. The Morgan fingerprint density at radius 2 is 2.11 bits per heavy atom. The highest BCUT2D eigenvalue weighted by molar-refractivity contribution is 7.99. The number of nitrogens with two attached hydrogens (primary N) is 1. The third kappa shape index (κ3) is 2.46. The van der Waals surface area contributed by atoms with Crippen LogP contribution in [0, 0.1) is 11.8 Å². The zero-order valence-electron chi connectivity index (χ0n) is 11.1. The van der Waals surface area contributed by atoms with Crippen LogP contribution in [0.25, 0.3) is 0 Å². The fourth-order valence-corrected chi connectivity index (χ4v) is 4.86. The maximum absolute atomic E-state index is 6.33. The molecule has 2 heteroatoms. The molecule has 0 amide bonds. The lowest BCUT2D eigenvalue weighted by molar-refractivity contribution is 0.226. The quantitative estimate of drug-likeness (QED) is 0.870. The molecule has 0 aromatic heterocycles. The van der Waals surface area contributed by atoms with Gasteiger partial charge in [-0.05, 0) is 55.1 Å². The van der Waals surface area contributed by atoms with Gasteiger partial charge in [0.2, 0.25) is 0 Å². The van der Waals surface area contributed by atoms with E-state index in [0.717, 1.165) is 17.8 Å². The highest BCUT2D eigenvalue weighted by Crippen LogP contribution is 2.44. The summed E-state index contributed by atoms with van der Waals surface area (Å²) in [5, 5.41) is 0. The summed E-state index contributed by atoms with van der Waals surface area (Å²) in [6.07, 6.45) is 5.20. The summed E-state index contributed by atoms with van der Waals surface area (Å²) in [6.45, 7) is 2.39. The van der Waals surface area contributed by atoms with Crippen LogP contribution < -0.4 is 5.73 Å². The van der Waals surface area contributed by atoms with Gasteiger partial charge in [-0.25, -0.2) is 0 Å². The van der Waals surface area contributed by atoms with Crippen molar-refractivity contribution in [3.05, 3.63) is 29.8 Å². The average Bonchev–Trinajstić information content (AvgIpc) is 2.78. The lowest BCUT2D eigenvalue weighted by Gasteiger charge is -2.34. The molecule has 1 aromatic carbocycles. The second kappa shape index (κ2) is 5.26. The molecule has 18 heavy (non-hydrogen) atoms. The maximum Gasteiger partial charge on any atom is 0.0107 e. The monoisotopic (exact) mass is 261 g/mol. The SMILES string of the molecule is CC1CCC(N)C(CC2CSc3ccccc32)C1. The van der Waals surface area contributed by atoms with E-state index in [0.29, 0.717) is 6.04 Å². The van der Waals surface area contributed by atoms with E-state index in [1.807, 2.05) is 11.8 Å². The molecule has 3 rings (SSSR count). The lowest BCUT2D eigenvalue weighted by Crippen LogP contribution is -2.36. The van der Waals surface area contributed by atoms with Gasteiger partial charge >= 0.3 is 0 Å². The molecule has 1 nitrogen and oxygen atoms in total. The lowest BCUT2D eigenvalue weighted by atomic mass is 9.74. The Bertz CT molecular complexity index is 417. The number of benzene rings is 1. The van der Waals surface area contributed by atoms with Crippen molar-refractivity contribution in [3.8, 4) is 0 Å². The molecule has 1 aromatic rings. The van der Waals surface area contributed by atoms with Crippen LogP contribution in [-0.4, -0.2) is 11.8 Å². The first-order valence-corrected chi connectivity index (χ1v) is 8.20. The van der Waals surface area contributed by atoms with Crippen molar-refractivity contribution in [1.82, 2.24) is 0 Å². The van der Waals surface area contributed by atoms with Crippen molar-refractivity contribution in [2.75, 3.05) is 5.75 Å². The van der Waals surface area contributed by atoms with E-state index in [9.17, 15) is 0 Å². The predicted octanol–water partition coefficient (Wildman–Crippen LogP) is 4.03. The average molecular weight is 261 g/mol. The van der Waals surface area contributed by atoms with Crippen molar-refractivity contribution < 1.29 is 0 Å². The van der Waals surface area contributed by atoms with E-state index in [2.05, 4.69) is 31.2 Å². The van der Waals surface area contributed by atoms with Crippen LogP contribution in [0.1, 0.15) is 44.1 Å². The minimum atomic E-state index is 0.443. The van der Waals surface area contributed by atoms with Gasteiger partial charge in [-0.2, -0.15) is 0 Å². The molecule has 2 aliphatic rings. The van der Waals surface area contributed by atoms with E-state index in [-0.39, 0.29) is 0 Å². The zero-order chi connectivity index (χ0) is 12.5. The summed E-state index contributed by atoms with van der Waals surface area (Å²) in [5.41, 5.74) is 7.91. The van der Waals surface area contributed by atoms with Crippen molar-refractivity contribution in [3.63, 3.8) is 0 Å². The molecule has 0 radical (unpaired) electrons. The van der Waals surface area contributed by atoms with Gasteiger partial charge in [0, 0.05) is 16.7 Å². The molecular weight excluding hydrogens is 238 g/mol. The Balaban J connectivity index is 1.70. The Morgan fingerprint density at radius 1 is 1.28 bits per heavy atom. The molecule has 1 saturated carbocycles. The molecule has 0 spiro atoms. The summed E-state index contributed by atoms with van der Waals surface area (Å²) >= 11 is 2.03. The van der Waals surface area contributed by atoms with Crippen LogP contribution in [-0.2, 0) is 0 Å². The number of fused-ring (bicyclic) bond motifs is 1. The van der Waals surface area contributed by atoms with E-state index in [1.165, 1.54) is 36.3 Å². The Kier molecular flexibility index (Phi) is 3.67. The fourth-order valence-electron chi connectivity index (χ4n) is 3.58. The summed E-state index contributed by atoms with van der Waals surface area (Å²) in [7, 11) is 0. The molecule has 0 saturated heterocycles.